The van der Waals surface area contributed by atoms with Crippen LogP contribution in [-0.4, -0.2) is 23.2 Å². The van der Waals surface area contributed by atoms with Crippen molar-refractivity contribution in [3.63, 3.8) is 0 Å². The third-order valence-electron chi connectivity index (χ3n) is 2.35. The van der Waals surface area contributed by atoms with Crippen LogP contribution in [0.3, 0.4) is 0 Å². The van der Waals surface area contributed by atoms with Crippen LogP contribution in [0.5, 0.6) is 0 Å². The number of hydrogen-bond donors (Lipinski definition) is 1. The molecule has 0 saturated heterocycles. The lowest BCUT2D eigenvalue weighted by atomic mass is 10.1. The van der Waals surface area contributed by atoms with E-state index in [1.165, 1.54) is 11.3 Å². The van der Waals surface area contributed by atoms with Gasteiger partial charge in [-0.1, -0.05) is 44.7 Å². The van der Waals surface area contributed by atoms with Crippen molar-refractivity contribution in [3.05, 3.63) is 23.2 Å². The molecule has 106 valence electrons. The van der Waals surface area contributed by atoms with Crippen LogP contribution in [0.1, 0.15) is 43.3 Å². The van der Waals surface area contributed by atoms with Gasteiger partial charge in [0.1, 0.15) is 4.88 Å². The molecule has 1 aromatic rings. The van der Waals surface area contributed by atoms with Crippen molar-refractivity contribution < 1.29 is 4.79 Å². The van der Waals surface area contributed by atoms with Gasteiger partial charge >= 0.3 is 0 Å². The number of carbonyl (C=O) groups is 1. The molecule has 0 aliphatic carbocycles. The molecule has 0 aliphatic heterocycles. The van der Waals surface area contributed by atoms with Gasteiger partial charge in [-0.3, -0.25) is 4.79 Å². The number of allylic oxidation sites excluding steroid dienone is 1. The summed E-state index contributed by atoms with van der Waals surface area (Å²) in [5.41, 5.74) is 0. The molecule has 1 heterocycles. The zero-order valence-corrected chi connectivity index (χ0v) is 13.4. The Hall–Kier alpha value is -0.810. The fourth-order valence-corrected chi connectivity index (χ4v) is 3.19. The van der Waals surface area contributed by atoms with E-state index in [4.69, 9.17) is 0 Å². The molecule has 3 nitrogen and oxygen atoms in total. The summed E-state index contributed by atoms with van der Waals surface area (Å²) >= 11 is 3.13. The smallest absolute Gasteiger partial charge is 0.263 e. The highest BCUT2D eigenvalue weighted by Crippen LogP contribution is 2.23. The van der Waals surface area contributed by atoms with Crippen LogP contribution in [-0.2, 0) is 0 Å². The third kappa shape index (κ3) is 6.78. The number of nitrogens with zero attached hydrogens (tertiary/aromatic N) is 1. The molecular weight excluding hydrogens is 276 g/mol. The van der Waals surface area contributed by atoms with E-state index >= 15 is 0 Å². The van der Waals surface area contributed by atoms with Crippen molar-refractivity contribution in [1.29, 1.82) is 0 Å². The second-order valence-corrected chi connectivity index (χ2v) is 7.11. The molecule has 1 aromatic heterocycles. The van der Waals surface area contributed by atoms with Crippen molar-refractivity contribution in [2.24, 2.45) is 5.92 Å². The Bertz CT molecular complexity index is 413. The van der Waals surface area contributed by atoms with Crippen LogP contribution in [0.15, 0.2) is 22.7 Å². The van der Waals surface area contributed by atoms with Crippen molar-refractivity contribution >= 4 is 29.0 Å². The van der Waals surface area contributed by atoms with E-state index in [1.54, 1.807) is 18.0 Å². The summed E-state index contributed by atoms with van der Waals surface area (Å²) in [5.74, 6) is 1.66. The molecule has 0 spiro atoms. The maximum Gasteiger partial charge on any atom is 0.263 e. The van der Waals surface area contributed by atoms with E-state index in [-0.39, 0.29) is 5.91 Å². The molecular formula is C14H22N2OS2. The highest BCUT2D eigenvalue weighted by molar-refractivity contribution is 8.01. The quantitative estimate of drug-likeness (QED) is 0.448. The van der Waals surface area contributed by atoms with E-state index in [1.807, 2.05) is 0 Å². The van der Waals surface area contributed by atoms with E-state index < -0.39 is 0 Å². The first-order valence-corrected chi connectivity index (χ1v) is 8.45. The lowest BCUT2D eigenvalue weighted by Gasteiger charge is -2.00. The normalized spacial score (nSPS) is 11.4. The average molecular weight is 298 g/mol. The van der Waals surface area contributed by atoms with Gasteiger partial charge in [0.15, 0.2) is 4.34 Å². The van der Waals surface area contributed by atoms with Gasteiger partial charge in [-0.2, -0.15) is 0 Å². The van der Waals surface area contributed by atoms with Crippen LogP contribution in [0.4, 0.5) is 0 Å². The Balaban J connectivity index is 2.25. The van der Waals surface area contributed by atoms with E-state index in [0.29, 0.717) is 17.3 Å². The first-order chi connectivity index (χ1) is 9.13. The van der Waals surface area contributed by atoms with Crippen molar-refractivity contribution in [1.82, 2.24) is 10.3 Å². The van der Waals surface area contributed by atoms with Crippen molar-refractivity contribution in [2.45, 2.75) is 38.0 Å². The summed E-state index contributed by atoms with van der Waals surface area (Å²) < 4.78 is 0.962. The number of hydrogen-bond acceptors (Lipinski definition) is 4. The number of thioether (sulfide) groups is 1. The van der Waals surface area contributed by atoms with Crippen molar-refractivity contribution in [3.8, 4) is 0 Å². The summed E-state index contributed by atoms with van der Waals surface area (Å²) in [7, 11) is 0. The van der Waals surface area contributed by atoms with Gasteiger partial charge in [-0.25, -0.2) is 4.98 Å². The topological polar surface area (TPSA) is 42.0 Å². The Labute approximate surface area is 123 Å². The van der Waals surface area contributed by atoms with Crippen LogP contribution < -0.4 is 5.32 Å². The molecule has 0 atom stereocenters. The fourth-order valence-electron chi connectivity index (χ4n) is 1.40. The summed E-state index contributed by atoms with van der Waals surface area (Å²) in [6, 6.07) is 0. The summed E-state index contributed by atoms with van der Waals surface area (Å²) in [5, 5.41) is 2.91. The molecule has 0 saturated carbocycles. The predicted molar refractivity (Wildman–Crippen MR) is 84.1 cm³/mol. The number of carbonyl (C=O) groups excluding carboxylic acids is 1. The van der Waals surface area contributed by atoms with E-state index in [9.17, 15) is 4.79 Å². The fraction of sp³-hybridized carbons (Fsp3) is 0.571. The lowest BCUT2D eigenvalue weighted by molar-refractivity contribution is 0.0958. The van der Waals surface area contributed by atoms with E-state index in [0.717, 1.165) is 22.9 Å². The van der Waals surface area contributed by atoms with Gasteiger partial charge in [-0.05, 0) is 24.5 Å². The zero-order valence-electron chi connectivity index (χ0n) is 11.8. The molecule has 1 rings (SSSR count). The average Bonchev–Trinajstić information content (AvgIpc) is 2.82. The minimum atomic E-state index is -0.0160. The number of amides is 1. The molecule has 0 radical (unpaired) electrons. The Kier molecular flexibility index (Phi) is 7.82. The highest BCUT2D eigenvalue weighted by atomic mass is 32.2. The van der Waals surface area contributed by atoms with Gasteiger partial charge in [0.2, 0.25) is 0 Å². The standard InChI is InChI=1S/C14H22N2OS2/c1-4-18-14-16-10-12(19-14)13(17)15-9-7-5-6-8-11(2)3/h5-6,10-11H,4,7-9H2,1-3H3,(H,15,17)/b6-5+. The number of rotatable bonds is 8. The molecule has 0 aliphatic rings. The maximum absolute atomic E-state index is 11.8. The van der Waals surface area contributed by atoms with Crippen LogP contribution in [0.25, 0.3) is 0 Å². The largest absolute Gasteiger partial charge is 0.351 e. The number of aromatic nitrogens is 1. The number of nitrogens with one attached hydrogen (secondary N) is 1. The minimum absolute atomic E-state index is 0.0160. The van der Waals surface area contributed by atoms with Crippen molar-refractivity contribution in [2.75, 3.05) is 12.3 Å². The van der Waals surface area contributed by atoms with Gasteiger partial charge < -0.3 is 5.32 Å². The van der Waals surface area contributed by atoms with Gasteiger partial charge in [0.05, 0.1) is 6.20 Å². The molecule has 0 aromatic carbocycles. The summed E-state index contributed by atoms with van der Waals surface area (Å²) in [6.45, 7) is 7.15. The zero-order chi connectivity index (χ0) is 14.1. The van der Waals surface area contributed by atoms with Gasteiger partial charge in [0, 0.05) is 6.54 Å². The van der Waals surface area contributed by atoms with Crippen LogP contribution >= 0.6 is 23.1 Å². The van der Waals surface area contributed by atoms with E-state index in [2.05, 4.69) is 43.2 Å². The first-order valence-electron chi connectivity index (χ1n) is 6.65. The summed E-state index contributed by atoms with van der Waals surface area (Å²) in [6.07, 6.45) is 7.95. The first kappa shape index (κ1) is 16.2. The lowest BCUT2D eigenvalue weighted by Crippen LogP contribution is -2.23. The predicted octanol–water partition coefficient (Wildman–Crippen LogP) is 3.98. The third-order valence-corrected chi connectivity index (χ3v) is 4.38. The molecule has 1 N–H and O–H groups in total. The number of thiazole rings is 1. The molecule has 0 unspecified atom stereocenters. The molecule has 0 bridgehead atoms. The Morgan fingerprint density at radius 2 is 2.32 bits per heavy atom. The molecule has 1 amide bonds. The Morgan fingerprint density at radius 1 is 1.53 bits per heavy atom. The summed E-state index contributed by atoms with van der Waals surface area (Å²) in [4.78, 5) is 16.7. The second-order valence-electron chi connectivity index (χ2n) is 4.57. The highest BCUT2D eigenvalue weighted by Gasteiger charge is 2.09. The van der Waals surface area contributed by atoms with Crippen LogP contribution in [0.2, 0.25) is 0 Å². The molecule has 19 heavy (non-hydrogen) atoms. The van der Waals surface area contributed by atoms with Gasteiger partial charge in [-0.15, -0.1) is 11.3 Å². The monoisotopic (exact) mass is 298 g/mol. The Morgan fingerprint density at radius 3 is 3.00 bits per heavy atom. The van der Waals surface area contributed by atoms with Gasteiger partial charge in [0.25, 0.3) is 5.91 Å². The maximum atomic E-state index is 11.8. The molecule has 0 fully saturated rings. The SMILES string of the molecule is CCSc1ncc(C(=O)NCC/C=C/CC(C)C)s1. The second kappa shape index (κ2) is 9.15. The van der Waals surface area contributed by atoms with Crippen LogP contribution in [0, 0.1) is 5.92 Å². The molecule has 5 heteroatoms. The minimum Gasteiger partial charge on any atom is -0.351 e.